The summed E-state index contributed by atoms with van der Waals surface area (Å²) in [7, 11) is 0. The molecule has 0 bridgehead atoms. The molecule has 0 aliphatic carbocycles. The highest BCUT2D eigenvalue weighted by molar-refractivity contribution is 5.26. The highest BCUT2D eigenvalue weighted by Crippen LogP contribution is 2.14. The Morgan fingerprint density at radius 2 is 1.68 bits per heavy atom. The monoisotopic (exact) mass is 256 g/mol. The number of aromatic hydroxyl groups is 1. The number of rotatable bonds is 5. The highest BCUT2D eigenvalue weighted by Gasteiger charge is 2.09. The van der Waals surface area contributed by atoms with Gasteiger partial charge in [0.05, 0.1) is 0 Å². The van der Waals surface area contributed by atoms with Crippen molar-refractivity contribution in [2.75, 3.05) is 0 Å². The summed E-state index contributed by atoms with van der Waals surface area (Å²) < 4.78 is 0. The van der Waals surface area contributed by atoms with Gasteiger partial charge < -0.3 is 10.4 Å². The lowest BCUT2D eigenvalue weighted by atomic mass is 10.0. The number of hydrogen-bond donors (Lipinski definition) is 2. The van der Waals surface area contributed by atoms with Gasteiger partial charge in [0.25, 0.3) is 0 Å². The van der Waals surface area contributed by atoms with Gasteiger partial charge in [-0.15, -0.1) is 0 Å². The molecule has 1 unspecified atom stereocenters. The molecule has 0 aliphatic rings. The Bertz CT molecular complexity index is 496. The van der Waals surface area contributed by atoms with Crippen LogP contribution in [0.5, 0.6) is 5.75 Å². The van der Waals surface area contributed by atoms with Gasteiger partial charge in [-0.2, -0.15) is 0 Å². The zero-order valence-corrected chi connectivity index (χ0v) is 11.4. The van der Waals surface area contributed by atoms with E-state index >= 15 is 0 Å². The summed E-state index contributed by atoms with van der Waals surface area (Å²) in [5, 5.41) is 12.8. The standard InChI is InChI=1S/C16H20N2O/c1-12(11-14-3-5-16(19)6-4-14)18-13(2)15-7-9-17-10-8-15/h3-10,12-13,18-19H,11H2,1-2H3/t12?,13-/m1/s1. The van der Waals surface area contributed by atoms with E-state index in [4.69, 9.17) is 0 Å². The number of aromatic nitrogens is 1. The molecule has 0 saturated heterocycles. The van der Waals surface area contributed by atoms with Crippen LogP contribution in [0.2, 0.25) is 0 Å². The van der Waals surface area contributed by atoms with E-state index in [1.165, 1.54) is 11.1 Å². The van der Waals surface area contributed by atoms with Gasteiger partial charge in [-0.05, 0) is 55.7 Å². The molecule has 100 valence electrons. The lowest BCUT2D eigenvalue weighted by Crippen LogP contribution is -2.30. The van der Waals surface area contributed by atoms with Crippen molar-refractivity contribution in [2.45, 2.75) is 32.4 Å². The third-order valence-corrected chi connectivity index (χ3v) is 3.22. The van der Waals surface area contributed by atoms with Crippen LogP contribution in [-0.4, -0.2) is 16.1 Å². The topological polar surface area (TPSA) is 45.1 Å². The largest absolute Gasteiger partial charge is 0.508 e. The van der Waals surface area contributed by atoms with Crippen LogP contribution >= 0.6 is 0 Å². The minimum absolute atomic E-state index is 0.301. The van der Waals surface area contributed by atoms with Crippen LogP contribution in [0, 0.1) is 0 Å². The van der Waals surface area contributed by atoms with Gasteiger partial charge in [0.15, 0.2) is 0 Å². The summed E-state index contributed by atoms with van der Waals surface area (Å²) in [4.78, 5) is 4.03. The molecule has 0 amide bonds. The van der Waals surface area contributed by atoms with Crippen LogP contribution < -0.4 is 5.32 Å². The van der Waals surface area contributed by atoms with Crippen LogP contribution in [0.4, 0.5) is 0 Å². The lowest BCUT2D eigenvalue weighted by Gasteiger charge is -2.20. The summed E-state index contributed by atoms with van der Waals surface area (Å²) in [5.41, 5.74) is 2.47. The molecule has 0 spiro atoms. The third kappa shape index (κ3) is 4.07. The molecule has 1 aromatic carbocycles. The number of phenols is 1. The smallest absolute Gasteiger partial charge is 0.115 e. The number of nitrogens with one attached hydrogen (secondary N) is 1. The third-order valence-electron chi connectivity index (χ3n) is 3.22. The van der Waals surface area contributed by atoms with Crippen LogP contribution in [0.25, 0.3) is 0 Å². The maximum atomic E-state index is 9.26. The van der Waals surface area contributed by atoms with Gasteiger partial charge in [0.1, 0.15) is 5.75 Å². The molecule has 1 aromatic heterocycles. The fourth-order valence-electron chi connectivity index (χ4n) is 2.22. The number of nitrogens with zero attached hydrogens (tertiary/aromatic N) is 1. The van der Waals surface area contributed by atoms with Crippen LogP contribution in [0.3, 0.4) is 0 Å². The first-order valence-electron chi connectivity index (χ1n) is 6.59. The quantitative estimate of drug-likeness (QED) is 0.864. The average Bonchev–Trinajstić information content (AvgIpc) is 2.42. The van der Waals surface area contributed by atoms with E-state index < -0.39 is 0 Å². The molecule has 0 fully saturated rings. The fraction of sp³-hybridized carbons (Fsp3) is 0.312. The molecule has 2 aromatic rings. The Balaban J connectivity index is 1.90. The maximum Gasteiger partial charge on any atom is 0.115 e. The van der Waals surface area contributed by atoms with E-state index in [0.717, 1.165) is 6.42 Å². The fourth-order valence-corrected chi connectivity index (χ4v) is 2.22. The second-order valence-corrected chi connectivity index (χ2v) is 4.94. The minimum Gasteiger partial charge on any atom is -0.508 e. The van der Waals surface area contributed by atoms with Crippen molar-refractivity contribution in [3.8, 4) is 5.75 Å². The molecule has 0 aliphatic heterocycles. The van der Waals surface area contributed by atoms with E-state index in [1.54, 1.807) is 12.1 Å². The molecule has 3 nitrogen and oxygen atoms in total. The summed E-state index contributed by atoms with van der Waals surface area (Å²) in [6.45, 7) is 4.33. The van der Waals surface area contributed by atoms with Crippen molar-refractivity contribution in [1.82, 2.24) is 10.3 Å². The predicted molar refractivity (Wildman–Crippen MR) is 77.1 cm³/mol. The first kappa shape index (κ1) is 13.6. The molecule has 1 heterocycles. The Labute approximate surface area is 114 Å². The maximum absolute atomic E-state index is 9.26. The predicted octanol–water partition coefficient (Wildman–Crippen LogP) is 3.07. The van der Waals surface area contributed by atoms with Gasteiger partial charge in [-0.1, -0.05) is 12.1 Å². The average molecular weight is 256 g/mol. The van der Waals surface area contributed by atoms with Crippen molar-refractivity contribution in [1.29, 1.82) is 0 Å². The second kappa shape index (κ2) is 6.34. The molecule has 2 atom stereocenters. The molecular formula is C16H20N2O. The van der Waals surface area contributed by atoms with Crippen molar-refractivity contribution >= 4 is 0 Å². The zero-order chi connectivity index (χ0) is 13.7. The summed E-state index contributed by atoms with van der Waals surface area (Å²) in [6, 6.07) is 12.1. The van der Waals surface area contributed by atoms with E-state index in [-0.39, 0.29) is 0 Å². The number of benzene rings is 1. The molecule has 0 saturated carbocycles. The van der Waals surface area contributed by atoms with Crippen LogP contribution in [0.1, 0.15) is 31.0 Å². The second-order valence-electron chi connectivity index (χ2n) is 4.94. The molecule has 2 N–H and O–H groups in total. The Kier molecular flexibility index (Phi) is 4.53. The Hall–Kier alpha value is -1.87. The molecule has 19 heavy (non-hydrogen) atoms. The molecule has 0 radical (unpaired) electrons. The molecular weight excluding hydrogens is 236 g/mol. The van der Waals surface area contributed by atoms with E-state index in [0.29, 0.717) is 17.8 Å². The van der Waals surface area contributed by atoms with Gasteiger partial charge in [0.2, 0.25) is 0 Å². The van der Waals surface area contributed by atoms with Crippen molar-refractivity contribution < 1.29 is 5.11 Å². The minimum atomic E-state index is 0.301. The van der Waals surface area contributed by atoms with Gasteiger partial charge in [0, 0.05) is 24.5 Å². The molecule has 3 heteroatoms. The van der Waals surface area contributed by atoms with Crippen molar-refractivity contribution in [3.05, 3.63) is 59.9 Å². The van der Waals surface area contributed by atoms with Crippen LogP contribution in [-0.2, 0) is 6.42 Å². The molecule has 2 rings (SSSR count). The zero-order valence-electron chi connectivity index (χ0n) is 11.4. The van der Waals surface area contributed by atoms with Crippen molar-refractivity contribution in [3.63, 3.8) is 0 Å². The number of phenolic OH excluding ortho intramolecular Hbond substituents is 1. The summed E-state index contributed by atoms with van der Waals surface area (Å²) in [6.07, 6.45) is 4.58. The van der Waals surface area contributed by atoms with Gasteiger partial charge >= 0.3 is 0 Å². The summed E-state index contributed by atoms with van der Waals surface area (Å²) >= 11 is 0. The number of pyridine rings is 1. The van der Waals surface area contributed by atoms with E-state index in [9.17, 15) is 5.11 Å². The highest BCUT2D eigenvalue weighted by atomic mass is 16.3. The SMILES string of the molecule is CC(Cc1ccc(O)cc1)N[C@H](C)c1ccncc1. The van der Waals surface area contributed by atoms with Gasteiger partial charge in [-0.3, -0.25) is 4.98 Å². The Morgan fingerprint density at radius 3 is 2.32 bits per heavy atom. The van der Waals surface area contributed by atoms with E-state index in [2.05, 4.69) is 24.1 Å². The Morgan fingerprint density at radius 1 is 1.05 bits per heavy atom. The normalized spacial score (nSPS) is 14.0. The lowest BCUT2D eigenvalue weighted by molar-refractivity contribution is 0.470. The van der Waals surface area contributed by atoms with Crippen molar-refractivity contribution in [2.24, 2.45) is 0 Å². The first-order valence-corrected chi connectivity index (χ1v) is 6.59. The van der Waals surface area contributed by atoms with E-state index in [1.807, 2.05) is 36.7 Å². The summed E-state index contributed by atoms with van der Waals surface area (Å²) in [5.74, 6) is 0.314. The van der Waals surface area contributed by atoms with Crippen LogP contribution in [0.15, 0.2) is 48.8 Å². The first-order chi connectivity index (χ1) is 9.15. The number of hydrogen-bond acceptors (Lipinski definition) is 3. The van der Waals surface area contributed by atoms with Gasteiger partial charge in [-0.25, -0.2) is 0 Å².